The van der Waals surface area contributed by atoms with Crippen molar-refractivity contribution in [3.05, 3.63) is 69.5 Å². The Kier molecular flexibility index (Phi) is 4.55. The first-order chi connectivity index (χ1) is 13.0. The monoisotopic (exact) mass is 397 g/mol. The van der Waals surface area contributed by atoms with Crippen LogP contribution in [0.5, 0.6) is 0 Å². The van der Waals surface area contributed by atoms with Crippen LogP contribution in [-0.2, 0) is 0 Å². The van der Waals surface area contributed by atoms with E-state index in [4.69, 9.17) is 17.3 Å². The number of hydrogen-bond donors (Lipinski definition) is 2. The topological polar surface area (TPSA) is 85.3 Å². The van der Waals surface area contributed by atoms with E-state index in [0.717, 1.165) is 16.7 Å². The van der Waals surface area contributed by atoms with Crippen LogP contribution in [0.2, 0.25) is 5.02 Å². The molecule has 6 nitrogen and oxygen atoms in total. The second-order valence-corrected chi connectivity index (χ2v) is 7.49. The number of thiophene rings is 1. The van der Waals surface area contributed by atoms with E-state index < -0.39 is 0 Å². The summed E-state index contributed by atoms with van der Waals surface area (Å²) in [7, 11) is 0. The summed E-state index contributed by atoms with van der Waals surface area (Å²) in [4.78, 5) is 17.3. The number of nitrogens with one attached hydrogen (secondary N) is 1. The molecule has 136 valence electrons. The number of benzene rings is 1. The molecule has 1 aromatic carbocycles. The van der Waals surface area contributed by atoms with Crippen LogP contribution >= 0.6 is 22.9 Å². The molecule has 3 aromatic heterocycles. The molecule has 27 heavy (non-hydrogen) atoms. The maximum Gasteiger partial charge on any atom is 0.261 e. The van der Waals surface area contributed by atoms with E-state index in [1.807, 2.05) is 61.0 Å². The summed E-state index contributed by atoms with van der Waals surface area (Å²) in [5.41, 5.74) is 9.14. The Labute approximate surface area is 164 Å². The number of nitrogens with two attached hydrogens (primary N) is 1. The molecule has 3 heterocycles. The molecule has 0 saturated carbocycles. The quantitative estimate of drug-likeness (QED) is 0.540. The SMILES string of the molecule is C[C@@H](NC(=O)c1cc(-c2ccc3nc(N)nn3c2)cs1)c1cccc(Cl)c1. The molecule has 3 N–H and O–H groups in total. The fourth-order valence-corrected chi connectivity index (χ4v) is 3.82. The third kappa shape index (κ3) is 3.65. The fourth-order valence-electron chi connectivity index (χ4n) is 2.80. The van der Waals surface area contributed by atoms with E-state index in [-0.39, 0.29) is 17.9 Å². The number of carbonyl (C=O) groups excluding carboxylic acids is 1. The average molecular weight is 398 g/mol. The summed E-state index contributed by atoms with van der Waals surface area (Å²) in [5.74, 6) is 0.109. The van der Waals surface area contributed by atoms with Crippen LogP contribution in [0.15, 0.2) is 54.0 Å². The van der Waals surface area contributed by atoms with E-state index in [2.05, 4.69) is 15.4 Å². The van der Waals surface area contributed by atoms with Gasteiger partial charge in [-0.15, -0.1) is 16.4 Å². The number of aromatic nitrogens is 3. The van der Waals surface area contributed by atoms with E-state index in [1.54, 1.807) is 4.52 Å². The number of amides is 1. The molecule has 0 saturated heterocycles. The van der Waals surface area contributed by atoms with Gasteiger partial charge in [0.15, 0.2) is 5.65 Å². The van der Waals surface area contributed by atoms with Gasteiger partial charge in [0.05, 0.1) is 10.9 Å². The van der Waals surface area contributed by atoms with Gasteiger partial charge >= 0.3 is 0 Å². The number of halogens is 1. The lowest BCUT2D eigenvalue weighted by Crippen LogP contribution is -2.25. The largest absolute Gasteiger partial charge is 0.366 e. The summed E-state index contributed by atoms with van der Waals surface area (Å²) < 4.78 is 1.63. The summed E-state index contributed by atoms with van der Waals surface area (Å²) in [6, 6.07) is 13.0. The fraction of sp³-hybridized carbons (Fsp3) is 0.105. The molecule has 0 bridgehead atoms. The Bertz CT molecular complexity index is 1140. The van der Waals surface area contributed by atoms with Crippen molar-refractivity contribution in [3.63, 3.8) is 0 Å². The zero-order valence-corrected chi connectivity index (χ0v) is 16.0. The Hall–Kier alpha value is -2.90. The van der Waals surface area contributed by atoms with Crippen LogP contribution in [0, 0.1) is 0 Å². The number of hydrogen-bond acceptors (Lipinski definition) is 5. The number of nitrogens with zero attached hydrogens (tertiary/aromatic N) is 3. The highest BCUT2D eigenvalue weighted by atomic mass is 35.5. The van der Waals surface area contributed by atoms with E-state index in [1.165, 1.54) is 11.3 Å². The van der Waals surface area contributed by atoms with E-state index in [0.29, 0.717) is 15.5 Å². The first kappa shape index (κ1) is 17.5. The van der Waals surface area contributed by atoms with Gasteiger partial charge in [-0.05, 0) is 53.8 Å². The third-order valence-corrected chi connectivity index (χ3v) is 5.36. The van der Waals surface area contributed by atoms with Crippen LogP contribution < -0.4 is 11.1 Å². The highest BCUT2D eigenvalue weighted by molar-refractivity contribution is 7.12. The Morgan fingerprint density at radius 3 is 2.93 bits per heavy atom. The number of pyridine rings is 1. The van der Waals surface area contributed by atoms with Crippen LogP contribution in [-0.4, -0.2) is 20.5 Å². The van der Waals surface area contributed by atoms with Crippen LogP contribution in [0.25, 0.3) is 16.8 Å². The van der Waals surface area contributed by atoms with Crippen molar-refractivity contribution in [1.82, 2.24) is 19.9 Å². The van der Waals surface area contributed by atoms with Crippen molar-refractivity contribution in [2.75, 3.05) is 5.73 Å². The highest BCUT2D eigenvalue weighted by Gasteiger charge is 2.15. The molecule has 4 aromatic rings. The van der Waals surface area contributed by atoms with Gasteiger partial charge in [0.1, 0.15) is 0 Å². The predicted molar refractivity (Wildman–Crippen MR) is 108 cm³/mol. The van der Waals surface area contributed by atoms with Gasteiger partial charge in [0.2, 0.25) is 5.95 Å². The molecule has 0 aliphatic heterocycles. The van der Waals surface area contributed by atoms with Crippen LogP contribution in [0.3, 0.4) is 0 Å². The maximum absolute atomic E-state index is 12.6. The predicted octanol–water partition coefficient (Wildman–Crippen LogP) is 4.18. The van der Waals surface area contributed by atoms with E-state index in [9.17, 15) is 4.79 Å². The molecule has 1 atom stereocenters. The van der Waals surface area contributed by atoms with Crippen molar-refractivity contribution >= 4 is 40.4 Å². The second kappa shape index (κ2) is 7.02. The van der Waals surface area contributed by atoms with Gasteiger partial charge in [-0.3, -0.25) is 4.79 Å². The summed E-state index contributed by atoms with van der Waals surface area (Å²) >= 11 is 7.42. The molecule has 0 aliphatic carbocycles. The second-order valence-electron chi connectivity index (χ2n) is 6.14. The number of carbonyl (C=O) groups is 1. The molecule has 0 unspecified atom stereocenters. The standard InChI is InChI=1S/C19H16ClN5OS/c1-11(12-3-2-4-15(20)7-12)22-18(26)16-8-14(10-27-16)13-5-6-17-23-19(21)24-25(17)9-13/h2-11H,1H3,(H2,21,24)(H,22,26)/t11-/m1/s1. The summed E-state index contributed by atoms with van der Waals surface area (Å²) in [6.07, 6.45) is 1.84. The molecule has 4 rings (SSSR count). The minimum absolute atomic E-state index is 0.121. The van der Waals surface area contributed by atoms with Gasteiger partial charge in [-0.2, -0.15) is 4.98 Å². The normalized spacial score (nSPS) is 12.2. The minimum Gasteiger partial charge on any atom is -0.366 e. The van der Waals surface area contributed by atoms with Gasteiger partial charge in [-0.1, -0.05) is 23.7 Å². The molecule has 8 heteroatoms. The first-order valence-electron chi connectivity index (χ1n) is 8.27. The zero-order valence-electron chi connectivity index (χ0n) is 14.4. The highest BCUT2D eigenvalue weighted by Crippen LogP contribution is 2.27. The van der Waals surface area contributed by atoms with Crippen molar-refractivity contribution in [1.29, 1.82) is 0 Å². The number of anilines is 1. The minimum atomic E-state index is -0.142. The summed E-state index contributed by atoms with van der Waals surface area (Å²) in [6.45, 7) is 1.93. The van der Waals surface area contributed by atoms with E-state index >= 15 is 0 Å². The van der Waals surface area contributed by atoms with Crippen molar-refractivity contribution < 1.29 is 4.79 Å². The Morgan fingerprint density at radius 2 is 2.11 bits per heavy atom. The number of fused-ring (bicyclic) bond motifs is 1. The molecule has 0 spiro atoms. The molecular formula is C19H16ClN5OS. The van der Waals surface area contributed by atoms with Crippen molar-refractivity contribution in [2.45, 2.75) is 13.0 Å². The third-order valence-electron chi connectivity index (χ3n) is 4.20. The van der Waals surface area contributed by atoms with Crippen LogP contribution in [0.4, 0.5) is 5.95 Å². The molecule has 1 amide bonds. The van der Waals surface area contributed by atoms with Gasteiger partial charge in [-0.25, -0.2) is 4.52 Å². The molecule has 0 aliphatic rings. The summed E-state index contributed by atoms with van der Waals surface area (Å²) in [5, 5.41) is 9.72. The lowest BCUT2D eigenvalue weighted by atomic mass is 10.1. The Morgan fingerprint density at radius 1 is 1.26 bits per heavy atom. The van der Waals surface area contributed by atoms with Gasteiger partial charge < -0.3 is 11.1 Å². The average Bonchev–Trinajstić information content (AvgIpc) is 3.26. The molecule has 0 radical (unpaired) electrons. The van der Waals surface area contributed by atoms with Crippen molar-refractivity contribution in [2.24, 2.45) is 0 Å². The molecule has 0 fully saturated rings. The lowest BCUT2D eigenvalue weighted by molar-refractivity contribution is 0.0944. The smallest absolute Gasteiger partial charge is 0.261 e. The maximum atomic E-state index is 12.6. The van der Waals surface area contributed by atoms with Gasteiger partial charge in [0, 0.05) is 16.8 Å². The number of rotatable bonds is 4. The van der Waals surface area contributed by atoms with Crippen LogP contribution in [0.1, 0.15) is 28.2 Å². The van der Waals surface area contributed by atoms with Crippen molar-refractivity contribution in [3.8, 4) is 11.1 Å². The lowest BCUT2D eigenvalue weighted by Gasteiger charge is -2.13. The first-order valence-corrected chi connectivity index (χ1v) is 9.52. The zero-order chi connectivity index (χ0) is 19.0. The molecular weight excluding hydrogens is 382 g/mol. The number of nitrogen functional groups attached to an aromatic ring is 1. The van der Waals surface area contributed by atoms with Gasteiger partial charge in [0.25, 0.3) is 5.91 Å². The Balaban J connectivity index is 1.53.